The van der Waals surface area contributed by atoms with Gasteiger partial charge in [-0.15, -0.1) is 0 Å². The van der Waals surface area contributed by atoms with E-state index in [0.29, 0.717) is 10.7 Å². The number of hydrogen-bond donors (Lipinski definition) is 3. The molecule has 0 aliphatic rings. The molecule has 5 nitrogen and oxygen atoms in total. The monoisotopic (exact) mass is 413 g/mol. The van der Waals surface area contributed by atoms with Crippen molar-refractivity contribution < 1.29 is 13.2 Å². The summed E-state index contributed by atoms with van der Waals surface area (Å²) in [7, 11) is 0. The van der Waals surface area contributed by atoms with Crippen LogP contribution in [0.25, 0.3) is 0 Å². The van der Waals surface area contributed by atoms with Crippen molar-refractivity contribution in [3.8, 4) is 0 Å². The van der Waals surface area contributed by atoms with Crippen LogP contribution in [0.4, 0.5) is 41.9 Å². The molecule has 0 radical (unpaired) electrons. The van der Waals surface area contributed by atoms with E-state index in [4.69, 9.17) is 28.9 Å². The summed E-state index contributed by atoms with van der Waals surface area (Å²) >= 11 is 12.1. The third-order valence-electron chi connectivity index (χ3n) is 3.57. The number of nitrogen functional groups attached to an aromatic ring is 1. The Labute approximate surface area is 162 Å². The van der Waals surface area contributed by atoms with E-state index in [9.17, 15) is 13.2 Å². The van der Waals surface area contributed by atoms with Crippen molar-refractivity contribution in [3.63, 3.8) is 0 Å². The summed E-state index contributed by atoms with van der Waals surface area (Å²) in [5.41, 5.74) is 5.46. The molecule has 140 valence electrons. The van der Waals surface area contributed by atoms with Gasteiger partial charge in [0.25, 0.3) is 0 Å². The minimum atomic E-state index is -4.53. The predicted molar refractivity (Wildman–Crippen MR) is 101 cm³/mol. The summed E-state index contributed by atoms with van der Waals surface area (Å²) < 4.78 is 39.5. The smallest absolute Gasteiger partial charge is 0.393 e. The average molecular weight is 414 g/mol. The zero-order valence-electron chi connectivity index (χ0n) is 13.5. The molecule has 0 bridgehead atoms. The van der Waals surface area contributed by atoms with Crippen molar-refractivity contribution >= 4 is 51.9 Å². The number of para-hydroxylation sites is 1. The fourth-order valence-corrected chi connectivity index (χ4v) is 2.64. The van der Waals surface area contributed by atoms with Crippen molar-refractivity contribution in [1.29, 1.82) is 0 Å². The Balaban J connectivity index is 1.94. The van der Waals surface area contributed by atoms with Gasteiger partial charge in [0.05, 0.1) is 27.0 Å². The Morgan fingerprint density at radius 1 is 0.852 bits per heavy atom. The van der Waals surface area contributed by atoms with Crippen LogP contribution in [0.2, 0.25) is 10.0 Å². The number of anilines is 5. The summed E-state index contributed by atoms with van der Waals surface area (Å²) in [6.07, 6.45) is -3.36. The van der Waals surface area contributed by atoms with Gasteiger partial charge in [0.2, 0.25) is 0 Å². The lowest BCUT2D eigenvalue weighted by Gasteiger charge is -2.16. The van der Waals surface area contributed by atoms with Gasteiger partial charge in [-0.2, -0.15) is 13.2 Å². The molecule has 3 aromatic rings. The van der Waals surface area contributed by atoms with E-state index in [0.717, 1.165) is 12.4 Å². The molecule has 2 aromatic carbocycles. The molecular weight excluding hydrogens is 402 g/mol. The topological polar surface area (TPSA) is 75.9 Å². The van der Waals surface area contributed by atoms with Crippen LogP contribution in [0.15, 0.2) is 48.8 Å². The fraction of sp³-hybridized carbons (Fsp3) is 0.0588. The van der Waals surface area contributed by atoms with Crippen LogP contribution in [0, 0.1) is 0 Å². The van der Waals surface area contributed by atoms with Crippen LogP contribution in [-0.4, -0.2) is 9.97 Å². The van der Waals surface area contributed by atoms with Crippen molar-refractivity contribution in [2.75, 3.05) is 16.4 Å². The molecule has 1 heterocycles. The molecule has 0 spiro atoms. The van der Waals surface area contributed by atoms with Gasteiger partial charge < -0.3 is 16.4 Å². The molecule has 0 aliphatic carbocycles. The maximum Gasteiger partial charge on any atom is 0.418 e. The lowest BCUT2D eigenvalue weighted by molar-refractivity contribution is -0.136. The van der Waals surface area contributed by atoms with E-state index in [2.05, 4.69) is 20.6 Å². The molecule has 3 rings (SSSR count). The molecular formula is C17H12Cl2F3N5. The standard InChI is InChI=1S/C17H12Cl2F3N5/c18-10-5-3-7-12(13(10)19)27-16-14(23)15(24-8-25-16)26-11-6-2-1-4-9(11)17(20,21)22/h1-8H,23H2,(H2,24,25,26,27). The summed E-state index contributed by atoms with van der Waals surface area (Å²) in [6, 6.07) is 9.95. The second-order valence-corrected chi connectivity index (χ2v) is 6.16. The van der Waals surface area contributed by atoms with Gasteiger partial charge in [0.15, 0.2) is 11.6 Å². The number of nitrogens with zero attached hydrogens (tertiary/aromatic N) is 2. The number of hydrogen-bond acceptors (Lipinski definition) is 5. The van der Waals surface area contributed by atoms with Crippen LogP contribution in [0.1, 0.15) is 5.56 Å². The van der Waals surface area contributed by atoms with Gasteiger partial charge >= 0.3 is 6.18 Å². The van der Waals surface area contributed by atoms with Crippen LogP contribution in [-0.2, 0) is 6.18 Å². The van der Waals surface area contributed by atoms with Gasteiger partial charge in [-0.3, -0.25) is 0 Å². The van der Waals surface area contributed by atoms with Gasteiger partial charge in [0, 0.05) is 0 Å². The van der Waals surface area contributed by atoms with Crippen LogP contribution in [0.5, 0.6) is 0 Å². The lowest BCUT2D eigenvalue weighted by Crippen LogP contribution is -2.10. The van der Waals surface area contributed by atoms with Gasteiger partial charge in [-0.25, -0.2) is 9.97 Å². The number of alkyl halides is 3. The maximum absolute atomic E-state index is 13.2. The molecule has 0 unspecified atom stereocenters. The highest BCUT2D eigenvalue weighted by Gasteiger charge is 2.33. The van der Waals surface area contributed by atoms with Crippen LogP contribution < -0.4 is 16.4 Å². The highest BCUT2D eigenvalue weighted by molar-refractivity contribution is 6.43. The van der Waals surface area contributed by atoms with Gasteiger partial charge in [0.1, 0.15) is 12.0 Å². The Kier molecular flexibility index (Phi) is 5.29. The second kappa shape index (κ2) is 7.50. The van der Waals surface area contributed by atoms with Crippen molar-refractivity contribution in [2.45, 2.75) is 6.18 Å². The Bertz CT molecular complexity index is 979. The minimum Gasteiger partial charge on any atom is -0.393 e. The predicted octanol–water partition coefficient (Wildman–Crippen LogP) is 5.87. The number of nitrogens with two attached hydrogens (primary N) is 1. The number of nitrogens with one attached hydrogen (secondary N) is 2. The third kappa shape index (κ3) is 4.17. The SMILES string of the molecule is Nc1c(Nc2ccccc2C(F)(F)F)ncnc1Nc1cccc(Cl)c1Cl. The van der Waals surface area contributed by atoms with Crippen LogP contribution in [0.3, 0.4) is 0 Å². The summed E-state index contributed by atoms with van der Waals surface area (Å²) in [5.74, 6) is 0.184. The quantitative estimate of drug-likeness (QED) is 0.498. The molecule has 0 fully saturated rings. The summed E-state index contributed by atoms with van der Waals surface area (Å²) in [5, 5.41) is 6.09. The molecule has 0 amide bonds. The molecule has 10 heteroatoms. The first-order valence-corrected chi connectivity index (χ1v) is 8.27. The van der Waals surface area contributed by atoms with Gasteiger partial charge in [-0.1, -0.05) is 41.4 Å². The zero-order valence-corrected chi connectivity index (χ0v) is 15.0. The molecule has 4 N–H and O–H groups in total. The summed E-state index contributed by atoms with van der Waals surface area (Å²) in [6.45, 7) is 0. The van der Waals surface area contributed by atoms with Crippen LogP contribution >= 0.6 is 23.2 Å². The molecule has 0 atom stereocenters. The molecule has 27 heavy (non-hydrogen) atoms. The number of halogens is 5. The van der Waals surface area contributed by atoms with E-state index >= 15 is 0 Å². The van der Waals surface area contributed by atoms with Crippen molar-refractivity contribution in [3.05, 3.63) is 64.4 Å². The largest absolute Gasteiger partial charge is 0.418 e. The van der Waals surface area contributed by atoms with Gasteiger partial charge in [-0.05, 0) is 24.3 Å². The van der Waals surface area contributed by atoms with E-state index in [1.807, 2.05) is 0 Å². The first-order valence-electron chi connectivity index (χ1n) is 7.52. The minimum absolute atomic E-state index is 0.0161. The van der Waals surface area contributed by atoms with E-state index in [1.54, 1.807) is 18.2 Å². The van der Waals surface area contributed by atoms with E-state index < -0.39 is 11.7 Å². The number of benzene rings is 2. The second-order valence-electron chi connectivity index (χ2n) is 5.38. The molecule has 1 aromatic heterocycles. The Morgan fingerprint density at radius 2 is 1.44 bits per heavy atom. The average Bonchev–Trinajstić information content (AvgIpc) is 2.62. The molecule has 0 aliphatic heterocycles. The first-order chi connectivity index (χ1) is 12.8. The fourth-order valence-electron chi connectivity index (χ4n) is 2.29. The number of aromatic nitrogens is 2. The van der Waals surface area contributed by atoms with Crippen molar-refractivity contribution in [1.82, 2.24) is 9.97 Å². The number of rotatable bonds is 4. The maximum atomic E-state index is 13.2. The molecule has 0 saturated heterocycles. The highest BCUT2D eigenvalue weighted by atomic mass is 35.5. The molecule has 0 saturated carbocycles. The van der Waals surface area contributed by atoms with E-state index in [-0.39, 0.29) is 28.0 Å². The zero-order chi connectivity index (χ0) is 19.6. The highest BCUT2D eigenvalue weighted by Crippen LogP contribution is 2.38. The summed E-state index contributed by atoms with van der Waals surface area (Å²) in [4.78, 5) is 7.93. The van der Waals surface area contributed by atoms with E-state index in [1.165, 1.54) is 18.2 Å². The lowest BCUT2D eigenvalue weighted by atomic mass is 10.1. The normalized spacial score (nSPS) is 11.3. The Morgan fingerprint density at radius 3 is 2.11 bits per heavy atom. The third-order valence-corrected chi connectivity index (χ3v) is 4.39. The van der Waals surface area contributed by atoms with Crippen molar-refractivity contribution in [2.24, 2.45) is 0 Å². The Hall–Kier alpha value is -2.71. The first kappa shape index (κ1) is 19.1.